The van der Waals surface area contributed by atoms with Gasteiger partial charge in [-0.15, -0.1) is 0 Å². The topological polar surface area (TPSA) is 44.8 Å². The molecule has 2 heterocycles. The highest BCUT2D eigenvalue weighted by Crippen LogP contribution is 2.23. The number of carbonyl (C=O) groups excluding carboxylic acids is 1. The molecule has 2 saturated heterocycles. The molecule has 1 aromatic carbocycles. The molecular weight excluding hydrogens is 314 g/mol. The number of likely N-dealkylation sites (tertiary alicyclic amines) is 2. The highest BCUT2D eigenvalue weighted by molar-refractivity contribution is 6.30. The summed E-state index contributed by atoms with van der Waals surface area (Å²) in [5.41, 5.74) is 0.931. The van der Waals surface area contributed by atoms with E-state index in [2.05, 4.69) is 10.2 Å². The molecular formula is C17H24ClN3O2. The van der Waals surface area contributed by atoms with Crippen molar-refractivity contribution in [2.24, 2.45) is 0 Å². The smallest absolute Gasteiger partial charge is 0.317 e. The molecule has 3 rings (SSSR count). The van der Waals surface area contributed by atoms with E-state index in [1.54, 1.807) is 13.2 Å². The molecule has 6 heteroatoms. The summed E-state index contributed by atoms with van der Waals surface area (Å²) in [6.45, 7) is 4.49. The Labute approximate surface area is 142 Å². The molecule has 23 heavy (non-hydrogen) atoms. The van der Waals surface area contributed by atoms with Gasteiger partial charge in [-0.1, -0.05) is 17.7 Å². The Morgan fingerprint density at radius 2 is 2.13 bits per heavy atom. The first-order chi connectivity index (χ1) is 11.2. The van der Waals surface area contributed by atoms with Gasteiger partial charge in [-0.25, -0.2) is 4.79 Å². The quantitative estimate of drug-likeness (QED) is 0.918. The molecule has 0 aliphatic carbocycles. The molecule has 1 atom stereocenters. The second kappa shape index (κ2) is 7.41. The van der Waals surface area contributed by atoms with E-state index >= 15 is 0 Å². The maximum absolute atomic E-state index is 12.4. The van der Waals surface area contributed by atoms with Crippen LogP contribution in [-0.2, 0) is 6.54 Å². The number of methoxy groups -OCH3 is 1. The van der Waals surface area contributed by atoms with E-state index in [0.29, 0.717) is 23.4 Å². The van der Waals surface area contributed by atoms with Gasteiger partial charge in [-0.05, 0) is 44.5 Å². The average Bonchev–Trinajstić information content (AvgIpc) is 3.23. The SMILES string of the molecule is COc1cc(Cl)ccc1CNC(=O)N1CCC(N2CCCC2)C1. The molecule has 1 N–H and O–H groups in total. The fourth-order valence-corrected chi connectivity index (χ4v) is 3.64. The largest absolute Gasteiger partial charge is 0.496 e. The maximum atomic E-state index is 12.4. The third kappa shape index (κ3) is 3.90. The molecule has 1 aromatic rings. The first kappa shape index (κ1) is 16.4. The number of ether oxygens (including phenoxy) is 1. The predicted molar refractivity (Wildman–Crippen MR) is 91.0 cm³/mol. The van der Waals surface area contributed by atoms with Crippen LogP contribution in [0.1, 0.15) is 24.8 Å². The van der Waals surface area contributed by atoms with Crippen LogP contribution in [0, 0.1) is 0 Å². The van der Waals surface area contributed by atoms with Gasteiger partial charge in [0.15, 0.2) is 0 Å². The Kier molecular flexibility index (Phi) is 5.28. The number of urea groups is 1. The third-order valence-electron chi connectivity index (χ3n) is 4.79. The van der Waals surface area contributed by atoms with E-state index in [4.69, 9.17) is 16.3 Å². The maximum Gasteiger partial charge on any atom is 0.317 e. The summed E-state index contributed by atoms with van der Waals surface area (Å²) >= 11 is 5.96. The van der Waals surface area contributed by atoms with Gasteiger partial charge in [0.2, 0.25) is 0 Å². The normalized spacial score (nSPS) is 21.7. The van der Waals surface area contributed by atoms with Gasteiger partial charge < -0.3 is 15.0 Å². The van der Waals surface area contributed by atoms with Crippen LogP contribution < -0.4 is 10.1 Å². The lowest BCUT2D eigenvalue weighted by Gasteiger charge is -2.23. The van der Waals surface area contributed by atoms with E-state index in [1.165, 1.54) is 25.9 Å². The van der Waals surface area contributed by atoms with Crippen molar-refractivity contribution in [3.63, 3.8) is 0 Å². The molecule has 2 fully saturated rings. The fraction of sp³-hybridized carbons (Fsp3) is 0.588. The highest BCUT2D eigenvalue weighted by atomic mass is 35.5. The Hall–Kier alpha value is -1.46. The number of carbonyl (C=O) groups is 1. The van der Waals surface area contributed by atoms with Crippen LogP contribution in [0.4, 0.5) is 4.79 Å². The van der Waals surface area contributed by atoms with Crippen molar-refractivity contribution < 1.29 is 9.53 Å². The number of benzene rings is 1. The second-order valence-electron chi connectivity index (χ2n) is 6.25. The Bertz CT molecular complexity index is 561. The molecule has 0 aromatic heterocycles. The van der Waals surface area contributed by atoms with Crippen LogP contribution in [0.5, 0.6) is 5.75 Å². The lowest BCUT2D eigenvalue weighted by Crippen LogP contribution is -2.41. The minimum absolute atomic E-state index is 0.00343. The molecule has 1 unspecified atom stereocenters. The Balaban J connectivity index is 1.52. The molecule has 0 radical (unpaired) electrons. The molecule has 2 amide bonds. The van der Waals surface area contributed by atoms with Crippen LogP contribution in [0.25, 0.3) is 0 Å². The minimum atomic E-state index is 0.00343. The average molecular weight is 338 g/mol. The van der Waals surface area contributed by atoms with Crippen LogP contribution >= 0.6 is 11.6 Å². The summed E-state index contributed by atoms with van der Waals surface area (Å²) in [5.74, 6) is 0.703. The van der Waals surface area contributed by atoms with Crippen molar-refractivity contribution in [3.8, 4) is 5.75 Å². The monoisotopic (exact) mass is 337 g/mol. The zero-order valence-corrected chi connectivity index (χ0v) is 14.3. The van der Waals surface area contributed by atoms with Gasteiger partial charge in [-0.2, -0.15) is 0 Å². The lowest BCUT2D eigenvalue weighted by atomic mass is 10.2. The van der Waals surface area contributed by atoms with Crippen molar-refractivity contribution in [1.82, 2.24) is 15.1 Å². The molecule has 5 nitrogen and oxygen atoms in total. The zero-order chi connectivity index (χ0) is 16.2. The van der Waals surface area contributed by atoms with E-state index in [9.17, 15) is 4.79 Å². The molecule has 2 aliphatic rings. The zero-order valence-electron chi connectivity index (χ0n) is 13.6. The molecule has 2 aliphatic heterocycles. The molecule has 0 spiro atoms. The second-order valence-corrected chi connectivity index (χ2v) is 6.68. The first-order valence-corrected chi connectivity index (χ1v) is 8.64. The van der Waals surface area contributed by atoms with Crippen LogP contribution in [-0.4, -0.2) is 55.2 Å². The number of nitrogens with one attached hydrogen (secondary N) is 1. The van der Waals surface area contributed by atoms with E-state index < -0.39 is 0 Å². The van der Waals surface area contributed by atoms with E-state index in [0.717, 1.165) is 25.1 Å². The number of halogens is 1. The van der Waals surface area contributed by atoms with Crippen molar-refractivity contribution in [1.29, 1.82) is 0 Å². The van der Waals surface area contributed by atoms with Gasteiger partial charge >= 0.3 is 6.03 Å². The number of nitrogens with zero attached hydrogens (tertiary/aromatic N) is 2. The Morgan fingerprint density at radius 1 is 1.35 bits per heavy atom. The molecule has 126 valence electrons. The highest BCUT2D eigenvalue weighted by Gasteiger charge is 2.31. The number of hydrogen-bond donors (Lipinski definition) is 1. The van der Waals surface area contributed by atoms with Gasteiger partial charge in [0, 0.05) is 36.3 Å². The van der Waals surface area contributed by atoms with Gasteiger partial charge in [0.1, 0.15) is 5.75 Å². The molecule has 0 bridgehead atoms. The van der Waals surface area contributed by atoms with Crippen molar-refractivity contribution in [2.75, 3.05) is 33.3 Å². The number of hydrogen-bond acceptors (Lipinski definition) is 3. The van der Waals surface area contributed by atoms with Gasteiger partial charge in [-0.3, -0.25) is 4.90 Å². The van der Waals surface area contributed by atoms with Crippen LogP contribution in [0.15, 0.2) is 18.2 Å². The third-order valence-corrected chi connectivity index (χ3v) is 5.02. The summed E-state index contributed by atoms with van der Waals surface area (Å²) in [7, 11) is 1.61. The van der Waals surface area contributed by atoms with E-state index in [1.807, 2.05) is 17.0 Å². The predicted octanol–water partition coefficient (Wildman–Crippen LogP) is 2.73. The van der Waals surface area contributed by atoms with Crippen LogP contribution in [0.3, 0.4) is 0 Å². The number of rotatable bonds is 4. The standard InChI is InChI=1S/C17H24ClN3O2/c1-23-16-10-14(18)5-4-13(16)11-19-17(22)21-9-6-15(12-21)20-7-2-3-8-20/h4-5,10,15H,2-3,6-9,11-12H2,1H3,(H,19,22). The van der Waals surface area contributed by atoms with Gasteiger partial charge in [0.05, 0.1) is 7.11 Å². The van der Waals surface area contributed by atoms with E-state index in [-0.39, 0.29) is 6.03 Å². The summed E-state index contributed by atoms with van der Waals surface area (Å²) in [5, 5.41) is 3.62. The Morgan fingerprint density at radius 3 is 2.87 bits per heavy atom. The van der Waals surface area contributed by atoms with Crippen molar-refractivity contribution >= 4 is 17.6 Å². The molecule has 0 saturated carbocycles. The fourth-order valence-electron chi connectivity index (χ4n) is 3.48. The van der Waals surface area contributed by atoms with Gasteiger partial charge in [0.25, 0.3) is 0 Å². The summed E-state index contributed by atoms with van der Waals surface area (Å²) in [6.07, 6.45) is 3.66. The van der Waals surface area contributed by atoms with Crippen molar-refractivity contribution in [3.05, 3.63) is 28.8 Å². The summed E-state index contributed by atoms with van der Waals surface area (Å²) in [4.78, 5) is 16.8. The minimum Gasteiger partial charge on any atom is -0.496 e. The first-order valence-electron chi connectivity index (χ1n) is 8.26. The number of amides is 2. The van der Waals surface area contributed by atoms with Crippen LogP contribution in [0.2, 0.25) is 5.02 Å². The lowest BCUT2D eigenvalue weighted by molar-refractivity contribution is 0.198. The van der Waals surface area contributed by atoms with Crippen molar-refractivity contribution in [2.45, 2.75) is 31.8 Å². The summed E-state index contributed by atoms with van der Waals surface area (Å²) < 4.78 is 5.31. The summed E-state index contributed by atoms with van der Waals surface area (Å²) in [6, 6.07) is 6.00.